The molecule has 1 aliphatic carbocycles. The fraction of sp³-hybridized carbons (Fsp3) is 0.429. The monoisotopic (exact) mass is 395 g/mol. The molecule has 0 aliphatic heterocycles. The van der Waals surface area contributed by atoms with E-state index in [1.807, 2.05) is 36.4 Å². The largest absolute Gasteiger partial charge is 0.419 e. The lowest BCUT2D eigenvalue weighted by atomic mass is 9.89. The summed E-state index contributed by atoms with van der Waals surface area (Å²) in [5, 5.41) is 18.3. The molecule has 0 N–H and O–H groups in total. The molecule has 3 aromatic rings. The highest BCUT2D eigenvalue weighted by Gasteiger charge is 2.25. The molecular formula is C21H25N5OS. The van der Waals surface area contributed by atoms with Crippen molar-refractivity contribution in [2.45, 2.75) is 61.9 Å². The van der Waals surface area contributed by atoms with Crippen LogP contribution in [0, 0.1) is 0 Å². The molecule has 2 aromatic heterocycles. The minimum absolute atomic E-state index is 0.0167. The van der Waals surface area contributed by atoms with E-state index in [1.165, 1.54) is 32.1 Å². The number of thioether (sulfide) groups is 1. The molecule has 1 fully saturated rings. The van der Waals surface area contributed by atoms with Crippen LogP contribution in [0.1, 0.15) is 61.9 Å². The second-order valence-electron chi connectivity index (χ2n) is 7.15. The maximum Gasteiger partial charge on any atom is 0.247 e. The summed E-state index contributed by atoms with van der Waals surface area (Å²) in [6, 6.07) is 9.82. The highest BCUT2D eigenvalue weighted by molar-refractivity contribution is 7.99. The molecule has 0 radical (unpaired) electrons. The third kappa shape index (κ3) is 4.04. The van der Waals surface area contributed by atoms with Crippen LogP contribution in [-0.4, -0.2) is 25.0 Å². The SMILES string of the molecule is C=CCn1c(S[C@H](C)c2nnc(-c3ccccc3)o2)nnc1C1CCCCC1. The predicted octanol–water partition coefficient (Wildman–Crippen LogP) is 5.42. The average molecular weight is 396 g/mol. The summed E-state index contributed by atoms with van der Waals surface area (Å²) >= 11 is 1.60. The van der Waals surface area contributed by atoms with E-state index in [0.29, 0.717) is 24.2 Å². The highest BCUT2D eigenvalue weighted by atomic mass is 32.2. The van der Waals surface area contributed by atoms with Crippen LogP contribution in [0.15, 0.2) is 52.6 Å². The quantitative estimate of drug-likeness (QED) is 0.393. The van der Waals surface area contributed by atoms with E-state index in [9.17, 15) is 0 Å². The summed E-state index contributed by atoms with van der Waals surface area (Å²) in [7, 11) is 0. The zero-order valence-electron chi connectivity index (χ0n) is 16.1. The van der Waals surface area contributed by atoms with Gasteiger partial charge in [-0.1, -0.05) is 55.3 Å². The lowest BCUT2D eigenvalue weighted by molar-refractivity contribution is 0.415. The summed E-state index contributed by atoms with van der Waals surface area (Å²) in [5.74, 6) is 2.72. The van der Waals surface area contributed by atoms with E-state index < -0.39 is 0 Å². The molecule has 1 aromatic carbocycles. The van der Waals surface area contributed by atoms with Crippen molar-refractivity contribution in [3.8, 4) is 11.5 Å². The van der Waals surface area contributed by atoms with Gasteiger partial charge in [-0.3, -0.25) is 0 Å². The average Bonchev–Trinajstić information content (AvgIpc) is 3.38. The first-order valence-corrected chi connectivity index (χ1v) is 10.7. The van der Waals surface area contributed by atoms with Gasteiger partial charge in [0.05, 0.1) is 5.25 Å². The van der Waals surface area contributed by atoms with Gasteiger partial charge >= 0.3 is 0 Å². The molecule has 7 heteroatoms. The van der Waals surface area contributed by atoms with Gasteiger partial charge < -0.3 is 8.98 Å². The molecule has 0 saturated heterocycles. The van der Waals surface area contributed by atoms with Gasteiger partial charge in [0.25, 0.3) is 0 Å². The second-order valence-corrected chi connectivity index (χ2v) is 8.45. The molecule has 28 heavy (non-hydrogen) atoms. The van der Waals surface area contributed by atoms with Gasteiger partial charge in [0.2, 0.25) is 11.8 Å². The number of nitrogens with zero attached hydrogens (tertiary/aromatic N) is 5. The van der Waals surface area contributed by atoms with E-state index in [1.54, 1.807) is 11.8 Å². The van der Waals surface area contributed by atoms with Gasteiger partial charge in [0, 0.05) is 18.0 Å². The van der Waals surface area contributed by atoms with Crippen LogP contribution in [0.4, 0.5) is 0 Å². The summed E-state index contributed by atoms with van der Waals surface area (Å²) in [6.07, 6.45) is 8.17. The Kier molecular flexibility index (Phi) is 5.90. The minimum atomic E-state index is -0.0167. The summed E-state index contributed by atoms with van der Waals surface area (Å²) in [5.41, 5.74) is 0.924. The predicted molar refractivity (Wildman–Crippen MR) is 110 cm³/mol. The summed E-state index contributed by atoms with van der Waals surface area (Å²) < 4.78 is 8.10. The van der Waals surface area contributed by atoms with Crippen LogP contribution in [0.3, 0.4) is 0 Å². The second kappa shape index (κ2) is 8.73. The first kappa shape index (κ1) is 18.9. The number of rotatable bonds is 7. The minimum Gasteiger partial charge on any atom is -0.419 e. The van der Waals surface area contributed by atoms with E-state index >= 15 is 0 Å². The van der Waals surface area contributed by atoms with E-state index in [-0.39, 0.29) is 5.25 Å². The smallest absolute Gasteiger partial charge is 0.247 e. The maximum atomic E-state index is 5.91. The third-order valence-electron chi connectivity index (χ3n) is 5.12. The normalized spacial score (nSPS) is 16.2. The number of aromatic nitrogens is 5. The molecular weight excluding hydrogens is 370 g/mol. The Balaban J connectivity index is 1.53. The maximum absolute atomic E-state index is 5.91. The van der Waals surface area contributed by atoms with Gasteiger partial charge in [-0.25, -0.2) is 0 Å². The number of allylic oxidation sites excluding steroid dienone is 1. The van der Waals surface area contributed by atoms with Gasteiger partial charge in [-0.2, -0.15) is 0 Å². The van der Waals surface area contributed by atoms with E-state index in [4.69, 9.17) is 4.42 Å². The van der Waals surface area contributed by atoms with Crippen LogP contribution in [0.2, 0.25) is 0 Å². The van der Waals surface area contributed by atoms with Crippen molar-refractivity contribution in [1.29, 1.82) is 0 Å². The van der Waals surface area contributed by atoms with Crippen LogP contribution >= 0.6 is 11.8 Å². The molecule has 1 aliphatic rings. The van der Waals surface area contributed by atoms with Crippen molar-refractivity contribution < 1.29 is 4.42 Å². The Bertz CT molecular complexity index is 914. The van der Waals surface area contributed by atoms with E-state index in [0.717, 1.165) is 16.5 Å². The highest BCUT2D eigenvalue weighted by Crippen LogP contribution is 2.37. The zero-order valence-corrected chi connectivity index (χ0v) is 16.9. The lowest BCUT2D eigenvalue weighted by Gasteiger charge is -2.21. The Labute approximate surface area is 169 Å². The molecule has 146 valence electrons. The standard InChI is InChI=1S/C21H25N5OS/c1-3-14-26-18(16-10-6-4-7-11-16)22-25-21(26)28-15(2)19-23-24-20(27-19)17-12-8-5-9-13-17/h3,5,8-9,12-13,15-16H,1,4,6-7,10-11,14H2,2H3/t15-/m1/s1. The fourth-order valence-corrected chi connectivity index (χ4v) is 4.55. The molecule has 0 bridgehead atoms. The third-order valence-corrected chi connectivity index (χ3v) is 6.19. The number of benzene rings is 1. The zero-order chi connectivity index (χ0) is 19.3. The molecule has 0 amide bonds. The van der Waals surface area contributed by atoms with Crippen molar-refractivity contribution in [3.05, 3.63) is 54.7 Å². The molecule has 1 atom stereocenters. The number of hydrogen-bond donors (Lipinski definition) is 0. The van der Waals surface area contributed by atoms with Crippen molar-refractivity contribution in [3.63, 3.8) is 0 Å². The van der Waals surface area contributed by atoms with Gasteiger partial charge in [0.1, 0.15) is 5.82 Å². The molecule has 4 rings (SSSR count). The Morgan fingerprint density at radius 3 is 2.68 bits per heavy atom. The first-order chi connectivity index (χ1) is 13.8. The Morgan fingerprint density at radius 2 is 1.93 bits per heavy atom. The Hall–Kier alpha value is -2.41. The molecule has 6 nitrogen and oxygen atoms in total. The van der Waals surface area contributed by atoms with Gasteiger partial charge in [-0.05, 0) is 31.9 Å². The summed E-state index contributed by atoms with van der Waals surface area (Å²) in [4.78, 5) is 0. The van der Waals surface area contributed by atoms with Crippen molar-refractivity contribution >= 4 is 11.8 Å². The number of hydrogen-bond acceptors (Lipinski definition) is 6. The molecule has 2 heterocycles. The lowest BCUT2D eigenvalue weighted by Crippen LogP contribution is -2.12. The molecule has 0 spiro atoms. The van der Waals surface area contributed by atoms with Crippen molar-refractivity contribution in [1.82, 2.24) is 25.0 Å². The first-order valence-electron chi connectivity index (χ1n) is 9.85. The van der Waals surface area contributed by atoms with Gasteiger partial charge in [0.15, 0.2) is 5.16 Å². The van der Waals surface area contributed by atoms with E-state index in [2.05, 4.69) is 38.5 Å². The fourth-order valence-electron chi connectivity index (χ4n) is 3.66. The molecule has 1 saturated carbocycles. The van der Waals surface area contributed by atoms with Crippen LogP contribution in [0.5, 0.6) is 0 Å². The molecule has 0 unspecified atom stereocenters. The van der Waals surface area contributed by atoms with Crippen molar-refractivity contribution in [2.75, 3.05) is 0 Å². The van der Waals surface area contributed by atoms with Crippen molar-refractivity contribution in [2.24, 2.45) is 0 Å². The van der Waals surface area contributed by atoms with Crippen LogP contribution in [0.25, 0.3) is 11.5 Å². The van der Waals surface area contributed by atoms with Crippen LogP contribution in [-0.2, 0) is 6.54 Å². The summed E-state index contributed by atoms with van der Waals surface area (Å²) in [6.45, 7) is 6.68. The van der Waals surface area contributed by atoms with Gasteiger partial charge in [-0.15, -0.1) is 27.0 Å². The topological polar surface area (TPSA) is 69.6 Å². The Morgan fingerprint density at radius 1 is 1.14 bits per heavy atom. The van der Waals surface area contributed by atoms with Crippen LogP contribution < -0.4 is 0 Å².